The molecule has 1 atom stereocenters. The minimum atomic E-state index is -0.768. The second-order valence-corrected chi connectivity index (χ2v) is 21.7. The summed E-state index contributed by atoms with van der Waals surface area (Å²) in [6.07, 6.45) is 72.0. The number of esters is 3. The molecule has 0 aromatic carbocycles. The van der Waals surface area contributed by atoms with Gasteiger partial charge in [0, 0.05) is 19.3 Å². The van der Waals surface area contributed by atoms with E-state index in [1.165, 1.54) is 250 Å². The van der Waals surface area contributed by atoms with Crippen LogP contribution in [0.25, 0.3) is 0 Å². The standard InChI is InChI=1S/C65H122O6/c1-4-7-10-13-16-19-21-23-25-27-29-31-32-34-35-37-39-41-43-46-49-52-55-58-64(67)70-61-62(60-69-63(66)57-54-51-48-45-18-15-12-9-6-3)71-65(68)59-56-53-50-47-44-42-40-38-36-33-30-28-26-24-22-20-17-14-11-8-5-2/h22,24,28,30,62H,4-21,23,25-27,29,31-61H2,1-3H3/b24-22-,30-28-. The van der Waals surface area contributed by atoms with Crippen LogP contribution in [0.1, 0.15) is 355 Å². The van der Waals surface area contributed by atoms with E-state index in [0.29, 0.717) is 19.3 Å². The molecule has 0 aliphatic heterocycles. The molecule has 0 radical (unpaired) electrons. The lowest BCUT2D eigenvalue weighted by molar-refractivity contribution is -0.167. The van der Waals surface area contributed by atoms with E-state index in [4.69, 9.17) is 14.2 Å². The lowest BCUT2D eigenvalue weighted by Gasteiger charge is -2.18. The highest BCUT2D eigenvalue weighted by molar-refractivity contribution is 5.71. The average molecular weight is 1000 g/mol. The van der Waals surface area contributed by atoms with Crippen LogP contribution in [0.4, 0.5) is 0 Å². The fourth-order valence-corrected chi connectivity index (χ4v) is 9.65. The van der Waals surface area contributed by atoms with Crippen LogP contribution in [0.3, 0.4) is 0 Å². The van der Waals surface area contributed by atoms with E-state index in [1.54, 1.807) is 0 Å². The molecule has 0 heterocycles. The molecule has 0 saturated heterocycles. The van der Waals surface area contributed by atoms with E-state index in [9.17, 15) is 14.4 Å². The van der Waals surface area contributed by atoms with Crippen molar-refractivity contribution in [2.45, 2.75) is 361 Å². The molecule has 1 unspecified atom stereocenters. The summed E-state index contributed by atoms with van der Waals surface area (Å²) in [4.78, 5) is 38.2. The summed E-state index contributed by atoms with van der Waals surface area (Å²) < 4.78 is 16.9. The topological polar surface area (TPSA) is 78.9 Å². The van der Waals surface area contributed by atoms with Gasteiger partial charge in [0.25, 0.3) is 0 Å². The predicted octanol–water partition coefficient (Wildman–Crippen LogP) is 21.4. The first kappa shape index (κ1) is 68.9. The minimum Gasteiger partial charge on any atom is -0.462 e. The quantitative estimate of drug-likeness (QED) is 0.0261. The average Bonchev–Trinajstić information content (AvgIpc) is 3.37. The SMILES string of the molecule is CCCCCCC/C=C\C/C=C\CCCCCCCCCCCC(=O)OC(COC(=O)CCCCCCCCCCC)COC(=O)CCCCCCCCCCCCCCCCCCCCCCCCC. The maximum Gasteiger partial charge on any atom is 0.306 e. The highest BCUT2D eigenvalue weighted by atomic mass is 16.6. The Balaban J connectivity index is 4.17. The molecule has 6 nitrogen and oxygen atoms in total. The Bertz CT molecular complexity index is 1150. The van der Waals surface area contributed by atoms with Crippen molar-refractivity contribution >= 4 is 17.9 Å². The summed E-state index contributed by atoms with van der Waals surface area (Å²) in [5.41, 5.74) is 0. The molecule has 0 aliphatic carbocycles. The van der Waals surface area contributed by atoms with Crippen molar-refractivity contribution in [2.24, 2.45) is 0 Å². The van der Waals surface area contributed by atoms with Crippen LogP contribution in [-0.4, -0.2) is 37.2 Å². The summed E-state index contributed by atoms with van der Waals surface area (Å²) in [5.74, 6) is -0.850. The fourth-order valence-electron chi connectivity index (χ4n) is 9.65. The molecule has 0 aromatic rings. The third-order valence-corrected chi connectivity index (χ3v) is 14.5. The number of allylic oxidation sites excluding steroid dienone is 4. The van der Waals surface area contributed by atoms with E-state index < -0.39 is 6.10 Å². The van der Waals surface area contributed by atoms with Crippen LogP contribution in [-0.2, 0) is 28.6 Å². The van der Waals surface area contributed by atoms with Crippen LogP contribution in [0.15, 0.2) is 24.3 Å². The molecule has 418 valence electrons. The molecule has 6 heteroatoms. The van der Waals surface area contributed by atoms with Crippen LogP contribution >= 0.6 is 0 Å². The Morgan fingerprint density at radius 2 is 0.507 bits per heavy atom. The molecule has 0 rings (SSSR count). The van der Waals surface area contributed by atoms with E-state index in [2.05, 4.69) is 45.1 Å². The Hall–Kier alpha value is -2.11. The van der Waals surface area contributed by atoms with E-state index >= 15 is 0 Å². The smallest absolute Gasteiger partial charge is 0.306 e. The van der Waals surface area contributed by atoms with Gasteiger partial charge < -0.3 is 14.2 Å². The Morgan fingerprint density at radius 3 is 0.775 bits per heavy atom. The second kappa shape index (κ2) is 60.4. The fraction of sp³-hybridized carbons (Fsp3) is 0.892. The molecule has 0 N–H and O–H groups in total. The van der Waals surface area contributed by atoms with E-state index in [0.717, 1.165) is 64.2 Å². The van der Waals surface area contributed by atoms with Crippen molar-refractivity contribution in [2.75, 3.05) is 13.2 Å². The molecule has 0 fully saturated rings. The zero-order valence-corrected chi connectivity index (χ0v) is 48.0. The summed E-state index contributed by atoms with van der Waals surface area (Å²) in [5, 5.41) is 0. The second-order valence-electron chi connectivity index (χ2n) is 21.7. The van der Waals surface area contributed by atoms with Crippen molar-refractivity contribution in [3.63, 3.8) is 0 Å². The zero-order valence-electron chi connectivity index (χ0n) is 48.0. The Kier molecular flexibility index (Phi) is 58.6. The number of rotatable bonds is 59. The van der Waals surface area contributed by atoms with Crippen LogP contribution < -0.4 is 0 Å². The van der Waals surface area contributed by atoms with Crippen LogP contribution in [0.5, 0.6) is 0 Å². The van der Waals surface area contributed by atoms with Crippen molar-refractivity contribution in [1.82, 2.24) is 0 Å². The lowest BCUT2D eigenvalue weighted by Crippen LogP contribution is -2.30. The molecule has 0 aliphatic rings. The third-order valence-electron chi connectivity index (χ3n) is 14.5. The van der Waals surface area contributed by atoms with Gasteiger partial charge in [0.2, 0.25) is 0 Å². The Labute approximate surface area is 443 Å². The molecule has 0 spiro atoms. The van der Waals surface area contributed by atoms with Gasteiger partial charge in [-0.25, -0.2) is 0 Å². The number of unbranched alkanes of at least 4 members (excludes halogenated alkanes) is 44. The molecule has 0 amide bonds. The van der Waals surface area contributed by atoms with Gasteiger partial charge in [-0.1, -0.05) is 308 Å². The number of carbonyl (C=O) groups excluding carboxylic acids is 3. The largest absolute Gasteiger partial charge is 0.462 e. The maximum atomic E-state index is 12.9. The summed E-state index contributed by atoms with van der Waals surface area (Å²) in [7, 11) is 0. The molecule has 71 heavy (non-hydrogen) atoms. The zero-order chi connectivity index (χ0) is 51.4. The third kappa shape index (κ3) is 58.7. The molecule has 0 bridgehead atoms. The van der Waals surface area contributed by atoms with Crippen LogP contribution in [0.2, 0.25) is 0 Å². The molecular formula is C65H122O6. The summed E-state index contributed by atoms with van der Waals surface area (Å²) in [6, 6.07) is 0. The van der Waals surface area contributed by atoms with Gasteiger partial charge >= 0.3 is 17.9 Å². The van der Waals surface area contributed by atoms with Gasteiger partial charge in [0.05, 0.1) is 0 Å². The molecule has 0 aromatic heterocycles. The highest BCUT2D eigenvalue weighted by Gasteiger charge is 2.19. The van der Waals surface area contributed by atoms with Crippen molar-refractivity contribution in [1.29, 1.82) is 0 Å². The first-order valence-corrected chi connectivity index (χ1v) is 31.8. The van der Waals surface area contributed by atoms with Crippen LogP contribution in [0, 0.1) is 0 Å². The Morgan fingerprint density at radius 1 is 0.282 bits per heavy atom. The van der Waals surface area contributed by atoms with Gasteiger partial charge in [0.15, 0.2) is 6.10 Å². The first-order valence-electron chi connectivity index (χ1n) is 31.8. The number of carbonyl (C=O) groups is 3. The van der Waals surface area contributed by atoms with Crippen molar-refractivity contribution in [3.05, 3.63) is 24.3 Å². The van der Waals surface area contributed by atoms with Gasteiger partial charge in [0.1, 0.15) is 13.2 Å². The van der Waals surface area contributed by atoms with E-state index in [-0.39, 0.29) is 31.1 Å². The van der Waals surface area contributed by atoms with Crippen molar-refractivity contribution in [3.8, 4) is 0 Å². The van der Waals surface area contributed by atoms with Gasteiger partial charge in [-0.05, 0) is 51.4 Å². The predicted molar refractivity (Wildman–Crippen MR) is 307 cm³/mol. The number of ether oxygens (including phenoxy) is 3. The highest BCUT2D eigenvalue weighted by Crippen LogP contribution is 2.18. The molecule has 0 saturated carbocycles. The van der Waals surface area contributed by atoms with E-state index in [1.807, 2.05) is 0 Å². The minimum absolute atomic E-state index is 0.0673. The van der Waals surface area contributed by atoms with Gasteiger partial charge in [-0.2, -0.15) is 0 Å². The maximum absolute atomic E-state index is 12.9. The van der Waals surface area contributed by atoms with Crippen molar-refractivity contribution < 1.29 is 28.6 Å². The molecular weight excluding hydrogens is 877 g/mol. The van der Waals surface area contributed by atoms with Gasteiger partial charge in [-0.3, -0.25) is 14.4 Å². The monoisotopic (exact) mass is 999 g/mol. The van der Waals surface area contributed by atoms with Gasteiger partial charge in [-0.15, -0.1) is 0 Å². The lowest BCUT2D eigenvalue weighted by atomic mass is 10.0. The summed E-state index contributed by atoms with van der Waals surface area (Å²) >= 11 is 0. The number of hydrogen-bond donors (Lipinski definition) is 0. The number of hydrogen-bond acceptors (Lipinski definition) is 6. The summed E-state index contributed by atoms with van der Waals surface area (Å²) in [6.45, 7) is 6.67. The first-order chi connectivity index (χ1) is 35.0. The normalized spacial score (nSPS) is 12.1.